The second-order valence-corrected chi connectivity index (χ2v) is 12.9. The monoisotopic (exact) mass is 642 g/mol. The van der Waals surface area contributed by atoms with Crippen molar-refractivity contribution < 1.29 is 13.2 Å². The molecule has 4 N–H and O–H groups in total. The van der Waals surface area contributed by atoms with Crippen LogP contribution in [0.2, 0.25) is 0 Å². The fraction of sp³-hybridized carbons (Fsp3) is 0.353. The summed E-state index contributed by atoms with van der Waals surface area (Å²) in [6, 6.07) is 8.82. The quantitative estimate of drug-likeness (QED) is 0.178. The van der Waals surface area contributed by atoms with Crippen molar-refractivity contribution in [3.05, 3.63) is 89.7 Å². The Bertz CT molecular complexity index is 1860. The van der Waals surface area contributed by atoms with E-state index < -0.39 is 17.8 Å². The number of nitrogens with one attached hydrogen (secondary N) is 4. The van der Waals surface area contributed by atoms with Gasteiger partial charge in [0.15, 0.2) is 5.54 Å². The zero-order valence-corrected chi connectivity index (χ0v) is 26.9. The molecule has 47 heavy (non-hydrogen) atoms. The highest BCUT2D eigenvalue weighted by Gasteiger charge is 2.67. The van der Waals surface area contributed by atoms with Crippen molar-refractivity contribution >= 4 is 28.0 Å². The molecule has 2 aliphatic rings. The van der Waals surface area contributed by atoms with Gasteiger partial charge in [0.2, 0.25) is 0 Å². The topological polar surface area (TPSA) is 130 Å². The van der Waals surface area contributed by atoms with E-state index >= 15 is 0 Å². The number of aromatic nitrogens is 3. The van der Waals surface area contributed by atoms with Gasteiger partial charge in [-0.05, 0) is 67.5 Å². The number of nitriles is 2. The van der Waals surface area contributed by atoms with Crippen molar-refractivity contribution in [3.63, 3.8) is 0 Å². The normalized spacial score (nSPS) is 17.0. The van der Waals surface area contributed by atoms with Gasteiger partial charge in [0.1, 0.15) is 12.1 Å². The molecule has 13 heteroatoms. The molecular weight excluding hydrogens is 605 g/mol. The van der Waals surface area contributed by atoms with E-state index in [1.807, 2.05) is 26.0 Å². The first-order valence-corrected chi connectivity index (χ1v) is 15.1. The number of rotatable bonds is 10. The van der Waals surface area contributed by atoms with Gasteiger partial charge < -0.3 is 16.1 Å². The Hall–Kier alpha value is -5.27. The van der Waals surface area contributed by atoms with Crippen LogP contribution in [0.25, 0.3) is 16.6 Å². The minimum absolute atomic E-state index is 0.0353. The Balaban J connectivity index is 1.64. The van der Waals surface area contributed by atoms with Gasteiger partial charge in [-0.15, -0.1) is 5.53 Å². The highest BCUT2D eigenvalue weighted by atomic mass is 19.4. The number of hydrogen-bond donors (Lipinski definition) is 4. The summed E-state index contributed by atoms with van der Waals surface area (Å²) in [7, 11) is 0. The smallest absolute Gasteiger partial charge is 0.383 e. The minimum atomic E-state index is -4.44. The molecule has 1 aliphatic carbocycles. The van der Waals surface area contributed by atoms with Gasteiger partial charge in [0.25, 0.3) is 0 Å². The van der Waals surface area contributed by atoms with E-state index in [1.165, 1.54) is 12.4 Å². The molecule has 0 saturated heterocycles. The van der Waals surface area contributed by atoms with Crippen molar-refractivity contribution in [2.75, 3.05) is 17.2 Å². The molecule has 0 spiro atoms. The number of hydrogen-bond acceptors (Lipinski definition) is 9. The van der Waals surface area contributed by atoms with Crippen molar-refractivity contribution in [2.24, 2.45) is 5.41 Å². The summed E-state index contributed by atoms with van der Waals surface area (Å²) in [4.78, 5) is 4.43. The van der Waals surface area contributed by atoms with Gasteiger partial charge in [-0.1, -0.05) is 33.4 Å². The summed E-state index contributed by atoms with van der Waals surface area (Å²) in [6.07, 6.45) is 5.53. The van der Waals surface area contributed by atoms with Gasteiger partial charge in [0.05, 0.1) is 39.8 Å². The Morgan fingerprint density at radius 1 is 1.19 bits per heavy atom. The van der Waals surface area contributed by atoms with Crippen molar-refractivity contribution in [1.82, 2.24) is 30.7 Å². The van der Waals surface area contributed by atoms with E-state index in [-0.39, 0.29) is 23.8 Å². The van der Waals surface area contributed by atoms with E-state index in [0.717, 1.165) is 16.3 Å². The molecule has 1 saturated carbocycles. The minimum Gasteiger partial charge on any atom is -0.383 e. The molecular formula is C34H37F3N10. The molecule has 3 aromatic rings. The lowest BCUT2D eigenvalue weighted by molar-refractivity contribution is -0.195. The number of alkyl halides is 3. The van der Waals surface area contributed by atoms with Crippen LogP contribution in [0.3, 0.4) is 0 Å². The third-order valence-electron chi connectivity index (χ3n) is 8.22. The molecule has 2 aromatic heterocycles. The lowest BCUT2D eigenvalue weighted by Crippen LogP contribution is -2.52. The van der Waals surface area contributed by atoms with Crippen LogP contribution >= 0.6 is 0 Å². The maximum absolute atomic E-state index is 14.1. The van der Waals surface area contributed by atoms with Crippen LogP contribution in [0.1, 0.15) is 58.6 Å². The Labute approximate surface area is 271 Å². The second-order valence-electron chi connectivity index (χ2n) is 12.9. The molecule has 0 unspecified atom stereocenters. The number of fused-ring (bicyclic) bond motifs is 1. The molecule has 1 fully saturated rings. The lowest BCUT2D eigenvalue weighted by Gasteiger charge is -2.28. The van der Waals surface area contributed by atoms with Crippen LogP contribution in [0.5, 0.6) is 0 Å². The average molecular weight is 643 g/mol. The summed E-state index contributed by atoms with van der Waals surface area (Å²) in [5, 5.41) is 32.8. The van der Waals surface area contributed by atoms with Crippen LogP contribution in [0, 0.1) is 28.1 Å². The van der Waals surface area contributed by atoms with Gasteiger partial charge in [-0.2, -0.15) is 28.8 Å². The van der Waals surface area contributed by atoms with Crippen molar-refractivity contribution in [3.8, 4) is 12.1 Å². The molecule has 244 valence electrons. The van der Waals surface area contributed by atoms with Gasteiger partial charge in [0, 0.05) is 42.4 Å². The lowest BCUT2D eigenvalue weighted by atomic mass is 9.95. The maximum Gasteiger partial charge on any atom is 0.413 e. The first kappa shape index (κ1) is 33.1. The number of anilines is 2. The number of benzene rings is 1. The standard InChI is InChI=1S/C34H37F3N10/c1-7-9-28(46-13-8-12-42-46)21(2)22(3)29(27-19-47(45-44-27)33(10-11-33)34(35,36)37)43-25-14-23(16-38)30-26(15-25)31(24(17-39)18-40-30)41-20-32(4,5)6/h7-9,12-15,18-19,29,43-45H,3,10-11,20H2,1-2,4-6H3,(H,40,41)/b9-7-,28-21+/t29-/m0/s1. The third kappa shape index (κ3) is 6.53. The SMILES string of the molecule is C=C(/C(C)=C(\C=C/C)n1cccn1)[C@H](Nc1cc(C#N)c2ncc(C#N)c(NCC(C)(C)C)c2c1)C1=CN(C2(C(F)(F)F)CC2)NN1. The number of halogens is 3. The molecule has 3 heterocycles. The van der Waals surface area contributed by atoms with E-state index in [9.17, 15) is 23.7 Å². The van der Waals surface area contributed by atoms with Crippen LogP contribution in [-0.4, -0.2) is 44.1 Å². The van der Waals surface area contributed by atoms with Crippen LogP contribution < -0.4 is 21.6 Å². The second kappa shape index (κ2) is 12.5. The molecule has 5 rings (SSSR count). The molecule has 1 aliphatic heterocycles. The summed E-state index contributed by atoms with van der Waals surface area (Å²) < 4.78 is 43.9. The predicted molar refractivity (Wildman–Crippen MR) is 176 cm³/mol. The van der Waals surface area contributed by atoms with Gasteiger partial charge in [-0.3, -0.25) is 9.99 Å². The Kier molecular flexibility index (Phi) is 8.80. The van der Waals surface area contributed by atoms with Crippen molar-refractivity contribution in [2.45, 2.75) is 65.2 Å². The summed E-state index contributed by atoms with van der Waals surface area (Å²) in [5.41, 5.74) is 7.91. The highest BCUT2D eigenvalue weighted by Crippen LogP contribution is 2.53. The largest absolute Gasteiger partial charge is 0.413 e. The summed E-state index contributed by atoms with van der Waals surface area (Å²) >= 11 is 0. The fourth-order valence-corrected chi connectivity index (χ4v) is 5.43. The number of pyridine rings is 1. The molecule has 1 aromatic carbocycles. The number of allylic oxidation sites excluding steroid dienone is 3. The molecule has 10 nitrogen and oxygen atoms in total. The van der Waals surface area contributed by atoms with Crippen LogP contribution in [-0.2, 0) is 0 Å². The Morgan fingerprint density at radius 3 is 2.49 bits per heavy atom. The van der Waals surface area contributed by atoms with Crippen molar-refractivity contribution in [1.29, 1.82) is 10.5 Å². The predicted octanol–water partition coefficient (Wildman–Crippen LogP) is 6.74. The van der Waals surface area contributed by atoms with E-state index in [1.54, 1.807) is 35.3 Å². The molecule has 1 atom stereocenters. The van der Waals surface area contributed by atoms with Crippen LogP contribution in [0.15, 0.2) is 78.6 Å². The zero-order valence-electron chi connectivity index (χ0n) is 26.9. The summed E-state index contributed by atoms with van der Waals surface area (Å²) in [6.45, 7) is 14.9. The van der Waals surface area contributed by atoms with E-state index in [0.29, 0.717) is 45.7 Å². The summed E-state index contributed by atoms with van der Waals surface area (Å²) in [5.74, 6) is 0. The number of nitrogens with zero attached hydrogens (tertiary/aromatic N) is 6. The maximum atomic E-state index is 14.1. The molecule has 0 radical (unpaired) electrons. The van der Waals surface area contributed by atoms with Crippen LogP contribution in [0.4, 0.5) is 24.5 Å². The fourth-order valence-electron chi connectivity index (χ4n) is 5.43. The molecule has 0 amide bonds. The number of hydrazine groups is 2. The zero-order chi connectivity index (χ0) is 34.1. The highest BCUT2D eigenvalue weighted by molar-refractivity contribution is 5.99. The third-order valence-corrected chi connectivity index (χ3v) is 8.22. The Morgan fingerprint density at radius 2 is 1.91 bits per heavy atom. The average Bonchev–Trinajstić information content (AvgIpc) is 3.42. The van der Waals surface area contributed by atoms with E-state index in [4.69, 9.17) is 0 Å². The first-order chi connectivity index (χ1) is 22.2. The van der Waals surface area contributed by atoms with Gasteiger partial charge in [-0.25, -0.2) is 4.68 Å². The van der Waals surface area contributed by atoms with Gasteiger partial charge >= 0.3 is 6.18 Å². The molecule has 0 bridgehead atoms. The first-order valence-electron chi connectivity index (χ1n) is 15.1. The van der Waals surface area contributed by atoms with E-state index in [2.05, 4.69) is 71.2 Å².